The second kappa shape index (κ2) is 4.48. The van der Waals surface area contributed by atoms with Crippen molar-refractivity contribution in [2.75, 3.05) is 7.11 Å². The summed E-state index contributed by atoms with van der Waals surface area (Å²) in [6.07, 6.45) is 0. The SMILES string of the molecule is COc1cc(F)c(C)cc1-c1cc(C(=O)O)[nH]n1. The fourth-order valence-corrected chi connectivity index (χ4v) is 1.60. The highest BCUT2D eigenvalue weighted by atomic mass is 19.1. The Labute approximate surface area is 102 Å². The maximum absolute atomic E-state index is 13.4. The van der Waals surface area contributed by atoms with Crippen molar-refractivity contribution in [3.05, 3.63) is 35.3 Å². The van der Waals surface area contributed by atoms with Crippen LogP contribution in [0.2, 0.25) is 0 Å². The lowest BCUT2D eigenvalue weighted by molar-refractivity contribution is 0.0690. The van der Waals surface area contributed by atoms with E-state index < -0.39 is 5.97 Å². The van der Waals surface area contributed by atoms with E-state index in [-0.39, 0.29) is 11.5 Å². The number of aromatic carboxylic acids is 1. The molecule has 0 aliphatic rings. The van der Waals surface area contributed by atoms with Crippen LogP contribution in [0.25, 0.3) is 11.3 Å². The first kappa shape index (κ1) is 12.1. The highest BCUT2D eigenvalue weighted by Crippen LogP contribution is 2.31. The summed E-state index contributed by atoms with van der Waals surface area (Å²) in [6, 6.07) is 4.19. The van der Waals surface area contributed by atoms with Gasteiger partial charge in [0, 0.05) is 11.6 Å². The first-order valence-corrected chi connectivity index (χ1v) is 5.16. The third-order valence-electron chi connectivity index (χ3n) is 2.56. The molecule has 0 amide bonds. The number of nitrogens with zero attached hydrogens (tertiary/aromatic N) is 1. The summed E-state index contributed by atoms with van der Waals surface area (Å²) < 4.78 is 18.5. The lowest BCUT2D eigenvalue weighted by atomic mass is 10.1. The van der Waals surface area contributed by atoms with Crippen LogP contribution < -0.4 is 4.74 Å². The van der Waals surface area contributed by atoms with E-state index in [9.17, 15) is 9.18 Å². The van der Waals surface area contributed by atoms with Crippen LogP contribution in [0.3, 0.4) is 0 Å². The Morgan fingerprint density at radius 3 is 2.72 bits per heavy atom. The van der Waals surface area contributed by atoms with Gasteiger partial charge in [0.2, 0.25) is 0 Å². The van der Waals surface area contributed by atoms with E-state index in [4.69, 9.17) is 9.84 Å². The molecule has 6 heteroatoms. The van der Waals surface area contributed by atoms with E-state index >= 15 is 0 Å². The molecule has 1 aromatic heterocycles. The summed E-state index contributed by atoms with van der Waals surface area (Å²) in [5, 5.41) is 15.1. The van der Waals surface area contributed by atoms with Crippen molar-refractivity contribution < 1.29 is 19.0 Å². The number of rotatable bonds is 3. The standard InChI is InChI=1S/C12H11FN2O3/c1-6-3-7(11(18-2)4-8(6)13)9-5-10(12(16)17)15-14-9/h3-5H,1-2H3,(H,14,15)(H,16,17). The van der Waals surface area contributed by atoms with Gasteiger partial charge in [-0.15, -0.1) is 0 Å². The molecule has 0 aliphatic carbocycles. The topological polar surface area (TPSA) is 75.2 Å². The van der Waals surface area contributed by atoms with Gasteiger partial charge in [-0.2, -0.15) is 5.10 Å². The molecule has 0 bridgehead atoms. The number of hydrogen-bond acceptors (Lipinski definition) is 3. The highest BCUT2D eigenvalue weighted by Gasteiger charge is 2.15. The number of carbonyl (C=O) groups is 1. The lowest BCUT2D eigenvalue weighted by Crippen LogP contribution is -1.95. The van der Waals surface area contributed by atoms with Crippen molar-refractivity contribution in [3.8, 4) is 17.0 Å². The summed E-state index contributed by atoms with van der Waals surface area (Å²) in [7, 11) is 1.42. The highest BCUT2D eigenvalue weighted by molar-refractivity contribution is 5.87. The molecule has 1 aromatic carbocycles. The zero-order chi connectivity index (χ0) is 13.3. The molecular formula is C12H11FN2O3. The quantitative estimate of drug-likeness (QED) is 0.875. The minimum absolute atomic E-state index is 0.0333. The van der Waals surface area contributed by atoms with Gasteiger partial charge in [-0.1, -0.05) is 0 Å². The Bertz CT molecular complexity index is 607. The molecule has 5 nitrogen and oxygen atoms in total. The number of aromatic amines is 1. The number of ether oxygens (including phenoxy) is 1. The molecule has 0 unspecified atom stereocenters. The number of aromatic nitrogens is 2. The van der Waals surface area contributed by atoms with Crippen molar-refractivity contribution in [2.24, 2.45) is 0 Å². The molecule has 0 saturated carbocycles. The Morgan fingerprint density at radius 1 is 1.44 bits per heavy atom. The number of nitrogens with one attached hydrogen (secondary N) is 1. The van der Waals surface area contributed by atoms with Crippen molar-refractivity contribution in [3.63, 3.8) is 0 Å². The number of benzene rings is 1. The first-order chi connectivity index (χ1) is 8.52. The zero-order valence-corrected chi connectivity index (χ0v) is 9.82. The molecule has 2 N–H and O–H groups in total. The molecule has 0 atom stereocenters. The predicted octanol–water partition coefficient (Wildman–Crippen LogP) is 2.23. The first-order valence-electron chi connectivity index (χ1n) is 5.16. The zero-order valence-electron chi connectivity index (χ0n) is 9.82. The lowest BCUT2D eigenvalue weighted by Gasteiger charge is -2.07. The molecule has 94 valence electrons. The Balaban J connectivity index is 2.55. The summed E-state index contributed by atoms with van der Waals surface area (Å²) in [6.45, 7) is 1.61. The van der Waals surface area contributed by atoms with Crippen LogP contribution >= 0.6 is 0 Å². The van der Waals surface area contributed by atoms with Gasteiger partial charge in [-0.3, -0.25) is 5.10 Å². The van der Waals surface area contributed by atoms with Crippen molar-refractivity contribution in [2.45, 2.75) is 6.92 Å². The summed E-state index contributed by atoms with van der Waals surface area (Å²) >= 11 is 0. The fourth-order valence-electron chi connectivity index (χ4n) is 1.60. The Kier molecular flexibility index (Phi) is 3.01. The molecule has 0 aliphatic heterocycles. The van der Waals surface area contributed by atoms with Crippen LogP contribution in [0.5, 0.6) is 5.75 Å². The molecule has 0 radical (unpaired) electrons. The van der Waals surface area contributed by atoms with Crippen LogP contribution in [0.4, 0.5) is 4.39 Å². The van der Waals surface area contributed by atoms with Gasteiger partial charge in [0.1, 0.15) is 17.3 Å². The summed E-state index contributed by atoms with van der Waals surface area (Å²) in [5.74, 6) is -1.18. The number of hydrogen-bond donors (Lipinski definition) is 2. The van der Waals surface area contributed by atoms with Gasteiger partial charge >= 0.3 is 5.97 Å². The van der Waals surface area contributed by atoms with Crippen molar-refractivity contribution >= 4 is 5.97 Å². The van der Waals surface area contributed by atoms with Crippen molar-refractivity contribution in [1.82, 2.24) is 10.2 Å². The van der Waals surface area contributed by atoms with E-state index in [1.165, 1.54) is 19.2 Å². The van der Waals surface area contributed by atoms with Crippen molar-refractivity contribution in [1.29, 1.82) is 0 Å². The second-order valence-corrected chi connectivity index (χ2v) is 3.77. The molecule has 18 heavy (non-hydrogen) atoms. The van der Waals surface area contributed by atoms with Crippen LogP contribution in [0.1, 0.15) is 16.1 Å². The predicted molar refractivity (Wildman–Crippen MR) is 62.2 cm³/mol. The summed E-state index contributed by atoms with van der Waals surface area (Å²) in [4.78, 5) is 10.8. The monoisotopic (exact) mass is 250 g/mol. The molecular weight excluding hydrogens is 239 g/mol. The normalized spacial score (nSPS) is 10.4. The molecule has 0 spiro atoms. The second-order valence-electron chi connectivity index (χ2n) is 3.77. The van der Waals surface area contributed by atoms with Gasteiger partial charge in [-0.25, -0.2) is 9.18 Å². The van der Waals surface area contributed by atoms with Gasteiger partial charge in [0.05, 0.1) is 12.8 Å². The van der Waals surface area contributed by atoms with E-state index in [0.29, 0.717) is 22.6 Å². The number of H-pyrrole nitrogens is 1. The van der Waals surface area contributed by atoms with Gasteiger partial charge in [0.25, 0.3) is 0 Å². The fraction of sp³-hybridized carbons (Fsp3) is 0.167. The minimum atomic E-state index is -1.11. The van der Waals surface area contributed by atoms with E-state index in [1.54, 1.807) is 13.0 Å². The maximum Gasteiger partial charge on any atom is 0.353 e. The number of carboxylic acids is 1. The van der Waals surface area contributed by atoms with Crippen LogP contribution in [-0.4, -0.2) is 28.4 Å². The average molecular weight is 250 g/mol. The number of aryl methyl sites for hydroxylation is 1. The van der Waals surface area contributed by atoms with E-state index in [1.807, 2.05) is 0 Å². The van der Waals surface area contributed by atoms with Crippen LogP contribution in [-0.2, 0) is 0 Å². The third kappa shape index (κ3) is 2.04. The van der Waals surface area contributed by atoms with E-state index in [2.05, 4.69) is 10.2 Å². The third-order valence-corrected chi connectivity index (χ3v) is 2.56. The Hall–Kier alpha value is -2.37. The number of methoxy groups -OCH3 is 1. The maximum atomic E-state index is 13.4. The summed E-state index contributed by atoms with van der Waals surface area (Å²) in [5.41, 5.74) is 1.34. The molecule has 0 fully saturated rings. The van der Waals surface area contributed by atoms with Gasteiger partial charge in [-0.05, 0) is 24.6 Å². The average Bonchev–Trinajstić information content (AvgIpc) is 2.81. The van der Waals surface area contributed by atoms with Gasteiger partial charge < -0.3 is 9.84 Å². The van der Waals surface area contributed by atoms with E-state index in [0.717, 1.165) is 0 Å². The Morgan fingerprint density at radius 2 is 2.17 bits per heavy atom. The molecule has 1 heterocycles. The van der Waals surface area contributed by atoms with Gasteiger partial charge in [0.15, 0.2) is 0 Å². The van der Waals surface area contributed by atoms with Crippen LogP contribution in [0.15, 0.2) is 18.2 Å². The molecule has 0 saturated heterocycles. The number of carboxylic acid groups (broad SMARTS) is 1. The molecule has 2 aromatic rings. The number of halogens is 1. The largest absolute Gasteiger partial charge is 0.496 e. The van der Waals surface area contributed by atoms with Crippen LogP contribution in [0, 0.1) is 12.7 Å². The molecule has 2 rings (SSSR count). The smallest absolute Gasteiger partial charge is 0.353 e. The minimum Gasteiger partial charge on any atom is -0.496 e.